The molecule has 6 nitrogen and oxygen atoms in total. The van der Waals surface area contributed by atoms with Crippen molar-refractivity contribution in [2.75, 3.05) is 0 Å². The van der Waals surface area contributed by atoms with Gasteiger partial charge < -0.3 is 14.6 Å². The quantitative estimate of drug-likeness (QED) is 0.903. The van der Waals surface area contributed by atoms with Gasteiger partial charge in [-0.2, -0.15) is 4.98 Å². The van der Waals surface area contributed by atoms with E-state index in [0.29, 0.717) is 17.5 Å². The van der Waals surface area contributed by atoms with E-state index in [1.807, 2.05) is 12.1 Å². The maximum atomic E-state index is 5.53. The highest BCUT2D eigenvalue weighted by Crippen LogP contribution is 2.12. The molecule has 108 valence electrons. The van der Waals surface area contributed by atoms with Crippen molar-refractivity contribution in [2.45, 2.75) is 46.4 Å². The Balaban J connectivity index is 1.85. The van der Waals surface area contributed by atoms with Crippen molar-refractivity contribution in [1.29, 1.82) is 0 Å². The number of pyridine rings is 1. The molecule has 2 aromatic heterocycles. The number of aryl methyl sites for hydroxylation is 1. The van der Waals surface area contributed by atoms with E-state index in [0.717, 1.165) is 12.2 Å². The van der Waals surface area contributed by atoms with Crippen LogP contribution in [0.4, 0.5) is 0 Å². The lowest BCUT2D eigenvalue weighted by Gasteiger charge is -2.20. The van der Waals surface area contributed by atoms with Gasteiger partial charge >= 0.3 is 0 Å². The van der Waals surface area contributed by atoms with E-state index in [2.05, 4.69) is 41.2 Å². The Hall–Kier alpha value is -1.95. The summed E-state index contributed by atoms with van der Waals surface area (Å²) in [5.41, 5.74) is 1.05. The fourth-order valence-corrected chi connectivity index (χ4v) is 1.50. The molecule has 0 amide bonds. The van der Waals surface area contributed by atoms with Gasteiger partial charge in [-0.1, -0.05) is 5.16 Å². The molecule has 20 heavy (non-hydrogen) atoms. The van der Waals surface area contributed by atoms with Gasteiger partial charge in [0.1, 0.15) is 5.75 Å². The van der Waals surface area contributed by atoms with Gasteiger partial charge in [-0.15, -0.1) is 0 Å². The van der Waals surface area contributed by atoms with Gasteiger partial charge in [0.2, 0.25) is 0 Å². The van der Waals surface area contributed by atoms with Gasteiger partial charge in [-0.3, -0.25) is 4.98 Å². The van der Waals surface area contributed by atoms with Crippen LogP contribution in [0.2, 0.25) is 0 Å². The van der Waals surface area contributed by atoms with E-state index in [4.69, 9.17) is 9.26 Å². The monoisotopic (exact) mass is 276 g/mol. The fourth-order valence-electron chi connectivity index (χ4n) is 1.50. The first-order valence-corrected chi connectivity index (χ1v) is 6.54. The van der Waals surface area contributed by atoms with Crippen LogP contribution in [0.25, 0.3) is 0 Å². The first kappa shape index (κ1) is 14.5. The predicted molar refractivity (Wildman–Crippen MR) is 74.2 cm³/mol. The van der Waals surface area contributed by atoms with Gasteiger partial charge in [0.05, 0.1) is 11.9 Å². The van der Waals surface area contributed by atoms with E-state index in [1.165, 1.54) is 0 Å². The van der Waals surface area contributed by atoms with Crippen LogP contribution in [0.5, 0.6) is 5.75 Å². The smallest absolute Gasteiger partial charge is 0.264 e. The maximum Gasteiger partial charge on any atom is 0.264 e. The summed E-state index contributed by atoms with van der Waals surface area (Å²) >= 11 is 0. The van der Waals surface area contributed by atoms with E-state index in [-0.39, 0.29) is 12.1 Å². The third kappa shape index (κ3) is 4.62. The van der Waals surface area contributed by atoms with Crippen molar-refractivity contribution in [3.05, 3.63) is 35.7 Å². The number of nitrogens with one attached hydrogen (secondary N) is 1. The standard InChI is InChI=1S/C14H20N4O2/c1-10-17-13(20-18-10)9-19-12-6-5-11(15-8-12)7-16-14(2,3)4/h5-6,8,16H,7,9H2,1-4H3. The third-order valence-electron chi connectivity index (χ3n) is 2.53. The molecule has 2 heterocycles. The molecular formula is C14H20N4O2. The lowest BCUT2D eigenvalue weighted by Crippen LogP contribution is -2.35. The van der Waals surface area contributed by atoms with E-state index >= 15 is 0 Å². The number of aromatic nitrogens is 3. The molecule has 0 unspecified atom stereocenters. The van der Waals surface area contributed by atoms with E-state index in [1.54, 1.807) is 13.1 Å². The molecular weight excluding hydrogens is 256 g/mol. The summed E-state index contributed by atoms with van der Waals surface area (Å²) in [5.74, 6) is 1.74. The summed E-state index contributed by atoms with van der Waals surface area (Å²) in [4.78, 5) is 8.41. The first-order chi connectivity index (χ1) is 9.42. The van der Waals surface area contributed by atoms with Crippen molar-refractivity contribution in [3.8, 4) is 5.75 Å². The Morgan fingerprint density at radius 1 is 1.30 bits per heavy atom. The topological polar surface area (TPSA) is 73.1 Å². The van der Waals surface area contributed by atoms with Gasteiger partial charge in [-0.25, -0.2) is 0 Å². The minimum Gasteiger partial charge on any atom is -0.482 e. The first-order valence-electron chi connectivity index (χ1n) is 6.54. The second kappa shape index (κ2) is 6.00. The van der Waals surface area contributed by atoms with Crippen LogP contribution >= 0.6 is 0 Å². The van der Waals surface area contributed by atoms with Crippen LogP contribution in [0.1, 0.15) is 38.2 Å². The van der Waals surface area contributed by atoms with Crippen molar-refractivity contribution < 1.29 is 9.26 Å². The lowest BCUT2D eigenvalue weighted by atomic mass is 10.1. The number of hydrogen-bond donors (Lipinski definition) is 1. The number of ether oxygens (including phenoxy) is 1. The normalized spacial score (nSPS) is 11.6. The van der Waals surface area contributed by atoms with Crippen LogP contribution in [-0.2, 0) is 13.2 Å². The van der Waals surface area contributed by atoms with Crippen LogP contribution in [-0.4, -0.2) is 20.7 Å². The molecule has 0 bridgehead atoms. The average Bonchev–Trinajstić information content (AvgIpc) is 2.80. The van der Waals surface area contributed by atoms with Crippen LogP contribution in [0.3, 0.4) is 0 Å². The van der Waals surface area contributed by atoms with Gasteiger partial charge in [0.25, 0.3) is 5.89 Å². The Bertz CT molecular complexity index is 543. The molecule has 0 aliphatic carbocycles. The van der Waals surface area contributed by atoms with Crippen LogP contribution in [0.15, 0.2) is 22.9 Å². The predicted octanol–water partition coefficient (Wildman–Crippen LogP) is 2.24. The second-order valence-electron chi connectivity index (χ2n) is 5.61. The van der Waals surface area contributed by atoms with Crippen molar-refractivity contribution in [3.63, 3.8) is 0 Å². The molecule has 0 saturated heterocycles. The van der Waals surface area contributed by atoms with Crippen LogP contribution < -0.4 is 10.1 Å². The lowest BCUT2D eigenvalue weighted by molar-refractivity contribution is 0.241. The SMILES string of the molecule is Cc1noc(COc2ccc(CNC(C)(C)C)nc2)n1. The molecule has 0 saturated carbocycles. The minimum absolute atomic E-state index is 0.0761. The highest BCUT2D eigenvalue weighted by Gasteiger charge is 2.09. The van der Waals surface area contributed by atoms with Crippen molar-refractivity contribution in [1.82, 2.24) is 20.4 Å². The minimum atomic E-state index is 0.0761. The largest absolute Gasteiger partial charge is 0.482 e. The van der Waals surface area contributed by atoms with Crippen molar-refractivity contribution >= 4 is 0 Å². The summed E-state index contributed by atoms with van der Waals surface area (Å²) in [5, 5.41) is 7.08. The van der Waals surface area contributed by atoms with Crippen LogP contribution in [0, 0.1) is 6.92 Å². The van der Waals surface area contributed by atoms with Gasteiger partial charge in [-0.05, 0) is 39.8 Å². The van der Waals surface area contributed by atoms with E-state index < -0.39 is 0 Å². The zero-order chi connectivity index (χ0) is 14.6. The number of hydrogen-bond acceptors (Lipinski definition) is 6. The Morgan fingerprint density at radius 3 is 2.65 bits per heavy atom. The molecule has 1 N–H and O–H groups in total. The van der Waals surface area contributed by atoms with Gasteiger partial charge in [0, 0.05) is 12.1 Å². The molecule has 6 heteroatoms. The Labute approximate surface area is 118 Å². The molecule has 0 aliphatic heterocycles. The number of nitrogens with zero attached hydrogens (tertiary/aromatic N) is 3. The molecule has 0 radical (unpaired) electrons. The van der Waals surface area contributed by atoms with E-state index in [9.17, 15) is 0 Å². The Morgan fingerprint density at radius 2 is 2.10 bits per heavy atom. The second-order valence-corrected chi connectivity index (χ2v) is 5.61. The average molecular weight is 276 g/mol. The maximum absolute atomic E-state index is 5.53. The van der Waals surface area contributed by atoms with Gasteiger partial charge in [0.15, 0.2) is 12.4 Å². The number of rotatable bonds is 5. The molecule has 0 atom stereocenters. The molecule has 0 spiro atoms. The molecule has 0 fully saturated rings. The summed E-state index contributed by atoms with van der Waals surface area (Å²) in [6.07, 6.45) is 1.70. The summed E-state index contributed by atoms with van der Waals surface area (Å²) < 4.78 is 10.5. The Kier molecular flexibility index (Phi) is 4.34. The summed E-state index contributed by atoms with van der Waals surface area (Å²) in [7, 11) is 0. The fraction of sp³-hybridized carbons (Fsp3) is 0.500. The summed E-state index contributed by atoms with van der Waals surface area (Å²) in [6.45, 7) is 9.12. The zero-order valence-corrected chi connectivity index (χ0v) is 12.3. The third-order valence-corrected chi connectivity index (χ3v) is 2.53. The molecule has 0 aromatic carbocycles. The zero-order valence-electron chi connectivity index (χ0n) is 12.3. The summed E-state index contributed by atoms with van der Waals surface area (Å²) in [6, 6.07) is 3.82. The molecule has 0 aliphatic rings. The molecule has 2 aromatic rings. The highest BCUT2D eigenvalue weighted by molar-refractivity contribution is 5.20. The molecule has 2 rings (SSSR count). The van der Waals surface area contributed by atoms with Crippen molar-refractivity contribution in [2.24, 2.45) is 0 Å². The highest BCUT2D eigenvalue weighted by atomic mass is 16.5.